The van der Waals surface area contributed by atoms with Crippen LogP contribution >= 0.6 is 0 Å². The average molecular weight is 677 g/mol. The molecule has 1 aromatic heterocycles. The maximum atomic E-state index is 13.0. The number of carboxylic acids is 1. The lowest BCUT2D eigenvalue weighted by Crippen LogP contribution is -2.33. The number of carboxylic acid groups (broad SMARTS) is 1. The maximum Gasteiger partial charge on any atom is 0.490 e. The van der Waals surface area contributed by atoms with Crippen molar-refractivity contribution in [2.24, 2.45) is 0 Å². The fraction of sp³-hybridized carbons (Fsp3) is 0.188. The van der Waals surface area contributed by atoms with E-state index in [0.717, 1.165) is 17.7 Å². The summed E-state index contributed by atoms with van der Waals surface area (Å²) in [5, 5.41) is 12.4. The highest BCUT2D eigenvalue weighted by atomic mass is 19.4. The first kappa shape index (κ1) is 35.1. The van der Waals surface area contributed by atoms with E-state index in [9.17, 15) is 35.9 Å². The number of carbonyl (C=O) groups is 3. The number of amides is 3. The number of hydrogen-bond donors (Lipinski definition) is 3. The van der Waals surface area contributed by atoms with Gasteiger partial charge >= 0.3 is 24.4 Å². The highest BCUT2D eigenvalue weighted by molar-refractivity contribution is 6.03. The number of ether oxygens (including phenoxy) is 2. The number of anilines is 2. The summed E-state index contributed by atoms with van der Waals surface area (Å²) in [6.07, 6.45) is -7.58. The summed E-state index contributed by atoms with van der Waals surface area (Å²) in [5.74, 6) is -1.51. The number of halogens is 6. The van der Waals surface area contributed by atoms with E-state index in [1.807, 2.05) is 30.3 Å². The highest BCUT2D eigenvalue weighted by Gasteiger charge is 2.38. The van der Waals surface area contributed by atoms with Crippen molar-refractivity contribution in [3.05, 3.63) is 108 Å². The minimum atomic E-state index is -5.08. The van der Waals surface area contributed by atoms with Crippen molar-refractivity contribution >= 4 is 29.3 Å². The van der Waals surface area contributed by atoms with Gasteiger partial charge in [-0.1, -0.05) is 24.3 Å². The minimum absolute atomic E-state index is 0.0551. The van der Waals surface area contributed by atoms with Gasteiger partial charge in [0.05, 0.1) is 12.1 Å². The van der Waals surface area contributed by atoms with Gasteiger partial charge in [0.15, 0.2) is 0 Å². The van der Waals surface area contributed by atoms with E-state index in [1.165, 1.54) is 29.3 Å². The summed E-state index contributed by atoms with van der Waals surface area (Å²) in [5.41, 5.74) is 0.870. The van der Waals surface area contributed by atoms with E-state index >= 15 is 0 Å². The molecule has 3 amide bonds. The van der Waals surface area contributed by atoms with Gasteiger partial charge in [-0.15, -0.1) is 0 Å². The van der Waals surface area contributed by atoms with Gasteiger partial charge in [0.1, 0.15) is 29.5 Å². The number of fused-ring (bicyclic) bond motifs is 1. The molecule has 0 radical (unpaired) electrons. The number of benzene rings is 3. The number of alkyl halides is 6. The predicted molar refractivity (Wildman–Crippen MR) is 160 cm³/mol. The SMILES string of the molecule is O=C(NCCOc1ccccc1)c1cc(Oc2ccc3c(c2)CCN3C(=O)Nc2cccc(C(F)(F)F)c2)ccn1.O=C(O)C(F)(F)F. The summed E-state index contributed by atoms with van der Waals surface area (Å²) in [6, 6.07) is 21.6. The molecule has 252 valence electrons. The quantitative estimate of drug-likeness (QED) is 0.136. The molecule has 0 spiro atoms. The van der Waals surface area contributed by atoms with E-state index in [4.69, 9.17) is 19.4 Å². The molecule has 0 aliphatic carbocycles. The number of para-hydroxylation sites is 1. The fourth-order valence-corrected chi connectivity index (χ4v) is 4.29. The molecule has 0 bridgehead atoms. The number of carbonyl (C=O) groups excluding carboxylic acids is 2. The number of aromatic nitrogens is 1. The Morgan fingerprint density at radius 1 is 0.854 bits per heavy atom. The Labute approximate surface area is 268 Å². The van der Waals surface area contributed by atoms with Crippen LogP contribution in [0, 0.1) is 0 Å². The van der Waals surface area contributed by atoms with Crippen molar-refractivity contribution < 1.29 is 55.3 Å². The van der Waals surface area contributed by atoms with Crippen molar-refractivity contribution in [3.8, 4) is 17.2 Å². The molecule has 5 rings (SSSR count). The topological polar surface area (TPSA) is 130 Å². The largest absolute Gasteiger partial charge is 0.492 e. The van der Waals surface area contributed by atoms with Crippen LogP contribution in [0.15, 0.2) is 91.1 Å². The molecule has 16 heteroatoms. The zero-order chi connectivity index (χ0) is 34.9. The third kappa shape index (κ3) is 9.85. The van der Waals surface area contributed by atoms with Crippen molar-refractivity contribution in [3.63, 3.8) is 0 Å². The van der Waals surface area contributed by atoms with E-state index in [0.29, 0.717) is 49.1 Å². The number of pyridine rings is 1. The molecule has 0 saturated carbocycles. The van der Waals surface area contributed by atoms with E-state index < -0.39 is 29.9 Å². The Kier molecular flexibility index (Phi) is 11.1. The lowest BCUT2D eigenvalue weighted by molar-refractivity contribution is -0.192. The molecule has 0 saturated heterocycles. The second kappa shape index (κ2) is 15.2. The average Bonchev–Trinajstić information content (AvgIpc) is 3.47. The van der Waals surface area contributed by atoms with Crippen LogP contribution < -0.4 is 25.0 Å². The van der Waals surface area contributed by atoms with E-state index in [2.05, 4.69) is 15.6 Å². The van der Waals surface area contributed by atoms with Crippen LogP contribution in [0.5, 0.6) is 17.2 Å². The Bertz CT molecular complexity index is 1750. The number of nitrogens with zero attached hydrogens (tertiary/aromatic N) is 2. The Morgan fingerprint density at radius 3 is 2.25 bits per heavy atom. The number of urea groups is 1. The smallest absolute Gasteiger partial charge is 0.490 e. The van der Waals surface area contributed by atoms with Gasteiger partial charge in [-0.25, -0.2) is 9.59 Å². The van der Waals surface area contributed by atoms with E-state index in [-0.39, 0.29) is 17.3 Å². The number of rotatable bonds is 8. The first-order valence-corrected chi connectivity index (χ1v) is 14.0. The number of hydrogen-bond acceptors (Lipinski definition) is 6. The molecule has 0 atom stereocenters. The Hall–Kier alpha value is -5.80. The van der Waals surface area contributed by atoms with Crippen molar-refractivity contribution in [2.75, 3.05) is 29.9 Å². The summed E-state index contributed by atoms with van der Waals surface area (Å²) in [7, 11) is 0. The van der Waals surface area contributed by atoms with Crippen LogP contribution in [0.1, 0.15) is 21.6 Å². The van der Waals surface area contributed by atoms with Gasteiger partial charge < -0.3 is 25.2 Å². The zero-order valence-corrected chi connectivity index (χ0v) is 24.6. The molecule has 48 heavy (non-hydrogen) atoms. The first-order chi connectivity index (χ1) is 22.7. The molecule has 1 aliphatic rings. The maximum absolute atomic E-state index is 13.0. The van der Waals surface area contributed by atoms with Crippen LogP contribution in [0.3, 0.4) is 0 Å². The lowest BCUT2D eigenvalue weighted by atomic mass is 10.1. The third-order valence-electron chi connectivity index (χ3n) is 6.47. The van der Waals surface area contributed by atoms with Gasteiger partial charge in [-0.2, -0.15) is 26.3 Å². The van der Waals surface area contributed by atoms with Crippen LogP contribution in [-0.2, 0) is 17.4 Å². The van der Waals surface area contributed by atoms with Gasteiger partial charge in [0.25, 0.3) is 5.91 Å². The fourth-order valence-electron chi connectivity index (χ4n) is 4.29. The van der Waals surface area contributed by atoms with Gasteiger partial charge in [0.2, 0.25) is 0 Å². The molecule has 3 N–H and O–H groups in total. The summed E-state index contributed by atoms with van der Waals surface area (Å²) < 4.78 is 82.3. The molecule has 10 nitrogen and oxygen atoms in total. The molecule has 4 aromatic rings. The Balaban J connectivity index is 0.000000671. The van der Waals surface area contributed by atoms with Crippen molar-refractivity contribution in [2.45, 2.75) is 18.8 Å². The molecule has 2 heterocycles. The standard InChI is InChI=1S/C30H25F3N4O4.C2HF3O2/c31-30(32,33)21-5-4-6-22(18-21)36-29(39)37-15-12-20-17-24(9-10-27(20)37)41-25-11-13-34-26(19-25)28(38)35-14-16-40-23-7-2-1-3-8-23;3-2(4,5)1(6)7/h1-11,13,17-19H,12,14-16H2,(H,35,38)(H,36,39);(H,6,7). The number of nitrogens with one attached hydrogen (secondary N) is 2. The van der Waals surface area contributed by atoms with Crippen LogP contribution in [0.25, 0.3) is 0 Å². The van der Waals surface area contributed by atoms with Gasteiger partial charge in [-0.05, 0) is 66.6 Å². The van der Waals surface area contributed by atoms with Crippen LogP contribution in [-0.4, -0.2) is 53.9 Å². The number of aliphatic carboxylic acids is 1. The molecule has 3 aromatic carbocycles. The van der Waals surface area contributed by atoms with E-state index in [1.54, 1.807) is 24.3 Å². The van der Waals surface area contributed by atoms with Crippen LogP contribution in [0.2, 0.25) is 0 Å². The van der Waals surface area contributed by atoms with Crippen molar-refractivity contribution in [1.82, 2.24) is 10.3 Å². The second-order valence-electron chi connectivity index (χ2n) is 9.90. The minimum Gasteiger partial charge on any atom is -0.492 e. The summed E-state index contributed by atoms with van der Waals surface area (Å²) >= 11 is 0. The second-order valence-corrected chi connectivity index (χ2v) is 9.90. The molecule has 0 unspecified atom stereocenters. The normalized spacial score (nSPS) is 12.2. The Morgan fingerprint density at radius 2 is 1.56 bits per heavy atom. The molecule has 0 fully saturated rings. The monoisotopic (exact) mass is 676 g/mol. The van der Waals surface area contributed by atoms with Gasteiger partial charge in [0, 0.05) is 30.2 Å². The molecular formula is C32H26F6N4O6. The van der Waals surface area contributed by atoms with Gasteiger partial charge in [-0.3, -0.25) is 14.7 Å². The zero-order valence-electron chi connectivity index (χ0n) is 24.6. The summed E-state index contributed by atoms with van der Waals surface area (Å²) in [4.78, 5) is 39.8. The van der Waals surface area contributed by atoms with Crippen molar-refractivity contribution in [1.29, 1.82) is 0 Å². The molecule has 1 aliphatic heterocycles. The first-order valence-electron chi connectivity index (χ1n) is 14.0. The molecular weight excluding hydrogens is 650 g/mol. The third-order valence-corrected chi connectivity index (χ3v) is 6.47. The summed E-state index contributed by atoms with van der Waals surface area (Å²) in [6.45, 7) is 0.955. The lowest BCUT2D eigenvalue weighted by Gasteiger charge is -2.19. The van der Waals surface area contributed by atoms with Crippen LogP contribution in [0.4, 0.5) is 42.5 Å². The highest BCUT2D eigenvalue weighted by Crippen LogP contribution is 2.34. The predicted octanol–water partition coefficient (Wildman–Crippen LogP) is 6.93.